The second kappa shape index (κ2) is 7.37. The molecule has 0 aromatic heterocycles. The fourth-order valence-corrected chi connectivity index (χ4v) is 3.91. The van der Waals surface area contributed by atoms with Crippen LogP contribution in [0.4, 0.5) is 10.1 Å². The maximum atomic E-state index is 13.2. The number of hydrogen-bond acceptors (Lipinski definition) is 4. The normalized spacial score (nSPS) is 19.0. The molecular formula is C15H21FN2O4S. The number of carbonyl (C=O) groups is 1. The minimum absolute atomic E-state index is 0.0883. The largest absolute Gasteiger partial charge is 0.384 e. The summed E-state index contributed by atoms with van der Waals surface area (Å²) in [5.74, 6) is -1.08. The fourth-order valence-electron chi connectivity index (χ4n) is 2.48. The SMILES string of the molecule is COCCS(=O)(=O)N1CC[C@H](C(=O)Nc2ccc(F)c(C)c2)C1. The number of benzene rings is 1. The third-order valence-electron chi connectivity index (χ3n) is 3.89. The van der Waals surface area contributed by atoms with Crippen LogP contribution in [-0.4, -0.2) is 51.2 Å². The van der Waals surface area contributed by atoms with Crippen molar-refractivity contribution in [3.05, 3.63) is 29.6 Å². The van der Waals surface area contributed by atoms with E-state index in [1.165, 1.54) is 23.5 Å². The summed E-state index contributed by atoms with van der Waals surface area (Å²) in [5.41, 5.74) is 0.951. The van der Waals surface area contributed by atoms with Gasteiger partial charge in [-0.3, -0.25) is 4.79 Å². The van der Waals surface area contributed by atoms with E-state index >= 15 is 0 Å². The first-order valence-corrected chi connectivity index (χ1v) is 8.98. The number of nitrogens with one attached hydrogen (secondary N) is 1. The highest BCUT2D eigenvalue weighted by atomic mass is 32.2. The molecule has 1 aromatic carbocycles. The fraction of sp³-hybridized carbons (Fsp3) is 0.533. The zero-order chi connectivity index (χ0) is 17.0. The van der Waals surface area contributed by atoms with Gasteiger partial charge in [0.2, 0.25) is 15.9 Å². The topological polar surface area (TPSA) is 75.7 Å². The summed E-state index contributed by atoms with van der Waals surface area (Å²) in [6, 6.07) is 4.33. The van der Waals surface area contributed by atoms with Gasteiger partial charge in [0.05, 0.1) is 18.3 Å². The summed E-state index contributed by atoms with van der Waals surface area (Å²) >= 11 is 0. The Morgan fingerprint density at radius 2 is 2.22 bits per heavy atom. The number of rotatable bonds is 6. The number of methoxy groups -OCH3 is 1. The van der Waals surface area contributed by atoms with Crippen LogP contribution in [0.25, 0.3) is 0 Å². The molecule has 1 N–H and O–H groups in total. The van der Waals surface area contributed by atoms with Crippen molar-refractivity contribution in [3.8, 4) is 0 Å². The van der Waals surface area contributed by atoms with Crippen LogP contribution in [0.2, 0.25) is 0 Å². The van der Waals surface area contributed by atoms with E-state index in [0.29, 0.717) is 24.2 Å². The molecule has 1 atom stereocenters. The number of ether oxygens (including phenoxy) is 1. The molecule has 23 heavy (non-hydrogen) atoms. The van der Waals surface area contributed by atoms with Crippen LogP contribution in [0.5, 0.6) is 0 Å². The van der Waals surface area contributed by atoms with Crippen LogP contribution in [0.15, 0.2) is 18.2 Å². The van der Waals surface area contributed by atoms with Crippen molar-refractivity contribution in [3.63, 3.8) is 0 Å². The van der Waals surface area contributed by atoms with Gasteiger partial charge in [0.15, 0.2) is 0 Å². The molecule has 0 bridgehead atoms. The average Bonchev–Trinajstić information content (AvgIpc) is 3.00. The average molecular weight is 344 g/mol. The van der Waals surface area contributed by atoms with Crippen molar-refractivity contribution in [2.45, 2.75) is 13.3 Å². The molecule has 1 heterocycles. The number of carbonyl (C=O) groups excluding carboxylic acids is 1. The van der Waals surface area contributed by atoms with E-state index in [1.807, 2.05) is 0 Å². The van der Waals surface area contributed by atoms with E-state index in [0.717, 1.165) is 0 Å². The van der Waals surface area contributed by atoms with Gasteiger partial charge >= 0.3 is 0 Å². The monoisotopic (exact) mass is 344 g/mol. The standard InChI is InChI=1S/C15H21FN2O4S/c1-11-9-13(3-4-14(11)16)17-15(19)12-5-6-18(10-12)23(20,21)8-7-22-2/h3-4,9,12H,5-8,10H2,1-2H3,(H,17,19)/t12-/m0/s1. The predicted octanol–water partition coefficient (Wildman–Crippen LogP) is 1.37. The lowest BCUT2D eigenvalue weighted by Crippen LogP contribution is -2.34. The van der Waals surface area contributed by atoms with Gasteiger partial charge in [-0.2, -0.15) is 0 Å². The Labute approximate surface area is 135 Å². The molecule has 1 fully saturated rings. The zero-order valence-electron chi connectivity index (χ0n) is 13.2. The van der Waals surface area contributed by atoms with E-state index < -0.39 is 15.9 Å². The Morgan fingerprint density at radius 1 is 1.48 bits per heavy atom. The smallest absolute Gasteiger partial charge is 0.228 e. The van der Waals surface area contributed by atoms with E-state index in [9.17, 15) is 17.6 Å². The molecule has 0 saturated carbocycles. The number of sulfonamides is 1. The summed E-state index contributed by atoms with van der Waals surface area (Å²) in [6.07, 6.45) is 0.470. The molecule has 0 spiro atoms. The van der Waals surface area contributed by atoms with Gasteiger partial charge in [0.1, 0.15) is 5.82 Å². The van der Waals surface area contributed by atoms with Crippen LogP contribution >= 0.6 is 0 Å². The molecule has 1 aromatic rings. The van der Waals surface area contributed by atoms with Crippen molar-refractivity contribution in [2.75, 3.05) is 37.9 Å². The molecule has 0 unspecified atom stereocenters. The van der Waals surface area contributed by atoms with Gasteiger partial charge < -0.3 is 10.1 Å². The summed E-state index contributed by atoms with van der Waals surface area (Å²) in [4.78, 5) is 12.2. The molecular weight excluding hydrogens is 323 g/mol. The van der Waals surface area contributed by atoms with Crippen molar-refractivity contribution in [1.29, 1.82) is 0 Å². The minimum Gasteiger partial charge on any atom is -0.384 e. The second-order valence-electron chi connectivity index (χ2n) is 5.61. The van der Waals surface area contributed by atoms with Crippen molar-refractivity contribution < 1.29 is 22.3 Å². The zero-order valence-corrected chi connectivity index (χ0v) is 14.0. The molecule has 1 saturated heterocycles. The number of anilines is 1. The summed E-state index contributed by atoms with van der Waals surface area (Å²) < 4.78 is 43.5. The Hall–Kier alpha value is -1.51. The van der Waals surface area contributed by atoms with Gasteiger partial charge in [-0.1, -0.05) is 0 Å². The number of aryl methyl sites for hydroxylation is 1. The lowest BCUT2D eigenvalue weighted by molar-refractivity contribution is -0.119. The van der Waals surface area contributed by atoms with E-state index in [1.54, 1.807) is 13.0 Å². The Bertz CT molecular complexity index is 678. The number of hydrogen-bond donors (Lipinski definition) is 1. The van der Waals surface area contributed by atoms with Crippen LogP contribution < -0.4 is 5.32 Å². The third-order valence-corrected chi connectivity index (χ3v) is 5.69. The van der Waals surface area contributed by atoms with Crippen LogP contribution in [-0.2, 0) is 19.6 Å². The quantitative estimate of drug-likeness (QED) is 0.846. The van der Waals surface area contributed by atoms with E-state index in [-0.39, 0.29) is 30.6 Å². The van der Waals surface area contributed by atoms with Crippen molar-refractivity contribution in [2.24, 2.45) is 5.92 Å². The van der Waals surface area contributed by atoms with Crippen LogP contribution in [0.1, 0.15) is 12.0 Å². The lowest BCUT2D eigenvalue weighted by atomic mass is 10.1. The van der Waals surface area contributed by atoms with Crippen molar-refractivity contribution >= 4 is 21.6 Å². The highest BCUT2D eigenvalue weighted by Gasteiger charge is 2.34. The van der Waals surface area contributed by atoms with Crippen LogP contribution in [0.3, 0.4) is 0 Å². The molecule has 1 aliphatic rings. The highest BCUT2D eigenvalue weighted by molar-refractivity contribution is 7.89. The highest BCUT2D eigenvalue weighted by Crippen LogP contribution is 2.22. The van der Waals surface area contributed by atoms with Gasteiger partial charge in [0.25, 0.3) is 0 Å². The second-order valence-corrected chi connectivity index (χ2v) is 7.69. The third kappa shape index (κ3) is 4.49. The number of halogens is 1. The van der Waals surface area contributed by atoms with E-state index in [2.05, 4.69) is 5.32 Å². The van der Waals surface area contributed by atoms with Gasteiger partial charge in [-0.25, -0.2) is 17.1 Å². The molecule has 6 nitrogen and oxygen atoms in total. The van der Waals surface area contributed by atoms with Gasteiger partial charge in [-0.15, -0.1) is 0 Å². The molecule has 128 valence electrons. The minimum atomic E-state index is -3.40. The molecule has 8 heteroatoms. The maximum Gasteiger partial charge on any atom is 0.228 e. The Morgan fingerprint density at radius 3 is 2.87 bits per heavy atom. The first-order chi connectivity index (χ1) is 10.8. The molecule has 2 rings (SSSR count). The predicted molar refractivity (Wildman–Crippen MR) is 85.1 cm³/mol. The van der Waals surface area contributed by atoms with Crippen LogP contribution in [0, 0.1) is 18.7 Å². The molecule has 1 amide bonds. The summed E-state index contributed by atoms with van der Waals surface area (Å²) in [6.45, 7) is 2.24. The van der Waals surface area contributed by atoms with E-state index in [4.69, 9.17) is 4.74 Å². The Kier molecular flexibility index (Phi) is 5.72. The molecule has 0 radical (unpaired) electrons. The lowest BCUT2D eigenvalue weighted by Gasteiger charge is -2.16. The Balaban J connectivity index is 1.95. The molecule has 0 aliphatic carbocycles. The first-order valence-electron chi connectivity index (χ1n) is 7.37. The summed E-state index contributed by atoms with van der Waals surface area (Å²) in [5, 5.41) is 2.72. The maximum absolute atomic E-state index is 13.2. The van der Waals surface area contributed by atoms with Crippen molar-refractivity contribution in [1.82, 2.24) is 4.31 Å². The number of amides is 1. The molecule has 1 aliphatic heterocycles. The van der Waals surface area contributed by atoms with Gasteiger partial charge in [0, 0.05) is 25.9 Å². The first kappa shape index (κ1) is 17.8. The number of nitrogens with zero attached hydrogens (tertiary/aromatic N) is 1. The summed E-state index contributed by atoms with van der Waals surface area (Å²) in [7, 11) is -1.95. The van der Waals surface area contributed by atoms with Gasteiger partial charge in [-0.05, 0) is 37.1 Å².